The van der Waals surface area contributed by atoms with E-state index in [0.717, 1.165) is 76.0 Å². The van der Waals surface area contributed by atoms with Crippen LogP contribution in [-0.2, 0) is 14.2 Å². The monoisotopic (exact) mass is 492 g/mol. The Balaban J connectivity index is 1.02. The maximum Gasteiger partial charge on any atom is 0.0603 e. The minimum absolute atomic E-state index is 0.143. The van der Waals surface area contributed by atoms with Gasteiger partial charge < -0.3 is 24.4 Å². The zero-order valence-corrected chi connectivity index (χ0v) is 22.0. The van der Waals surface area contributed by atoms with E-state index >= 15 is 0 Å². The summed E-state index contributed by atoms with van der Waals surface area (Å²) in [7, 11) is 0. The molecule has 0 spiro atoms. The van der Waals surface area contributed by atoms with E-state index in [1.54, 1.807) is 0 Å². The van der Waals surface area contributed by atoms with Crippen LogP contribution in [0.3, 0.4) is 0 Å². The molecular weight excluding hydrogens is 440 g/mol. The van der Waals surface area contributed by atoms with E-state index in [4.69, 9.17) is 14.2 Å². The van der Waals surface area contributed by atoms with Crippen molar-refractivity contribution in [3.63, 3.8) is 0 Å². The number of hydrogen-bond donors (Lipinski definition) is 2. The van der Waals surface area contributed by atoms with Gasteiger partial charge in [0.15, 0.2) is 0 Å². The van der Waals surface area contributed by atoms with Crippen molar-refractivity contribution in [1.82, 2.24) is 0 Å². The van der Waals surface area contributed by atoms with Gasteiger partial charge in [-0.05, 0) is 134 Å². The molecule has 0 aromatic rings. The zero-order valence-electron chi connectivity index (χ0n) is 22.0. The van der Waals surface area contributed by atoms with Crippen LogP contribution in [0.1, 0.15) is 128 Å². The Labute approximate surface area is 213 Å². The van der Waals surface area contributed by atoms with Crippen LogP contribution in [0.2, 0.25) is 0 Å². The summed E-state index contributed by atoms with van der Waals surface area (Å²) in [6.07, 6.45) is 24.6. The lowest BCUT2D eigenvalue weighted by Crippen LogP contribution is -2.38. The normalized spacial score (nSPS) is 45.8. The van der Waals surface area contributed by atoms with Gasteiger partial charge in [-0.25, -0.2) is 0 Å². The first-order chi connectivity index (χ1) is 17.1. The first-order valence-corrected chi connectivity index (χ1v) is 15.4. The Morgan fingerprint density at radius 2 is 0.771 bits per heavy atom. The van der Waals surface area contributed by atoms with E-state index in [-0.39, 0.29) is 18.3 Å². The van der Waals surface area contributed by atoms with Gasteiger partial charge in [-0.3, -0.25) is 0 Å². The van der Waals surface area contributed by atoms with Crippen LogP contribution in [0.15, 0.2) is 0 Å². The molecule has 0 aromatic heterocycles. The van der Waals surface area contributed by atoms with Crippen molar-refractivity contribution >= 4 is 0 Å². The van der Waals surface area contributed by atoms with Crippen molar-refractivity contribution in [2.75, 3.05) is 0 Å². The van der Waals surface area contributed by atoms with Gasteiger partial charge in [-0.2, -0.15) is 0 Å². The minimum Gasteiger partial charge on any atom is -0.393 e. The molecule has 202 valence electrons. The predicted molar refractivity (Wildman–Crippen MR) is 137 cm³/mol. The number of aliphatic hydroxyl groups is 2. The molecule has 0 heterocycles. The van der Waals surface area contributed by atoms with Gasteiger partial charge >= 0.3 is 0 Å². The molecule has 5 aliphatic carbocycles. The average molecular weight is 493 g/mol. The van der Waals surface area contributed by atoms with Crippen LogP contribution < -0.4 is 0 Å². The van der Waals surface area contributed by atoms with E-state index in [1.165, 1.54) is 64.2 Å². The summed E-state index contributed by atoms with van der Waals surface area (Å²) in [6.45, 7) is 0. The van der Waals surface area contributed by atoms with E-state index in [9.17, 15) is 10.2 Å². The van der Waals surface area contributed by atoms with E-state index in [1.807, 2.05) is 0 Å². The summed E-state index contributed by atoms with van der Waals surface area (Å²) >= 11 is 0. The standard InChI is InChI=1S/C30H52O5/c31-23-6-2-9-27(18-23)33-25-15-13-21(14-16-25)22-5-1-8-26(17-22)34-29-11-4-12-30(20-29)35-28-10-3-7-24(32)19-28/h21-32H,1-20H2. The molecule has 5 saturated carbocycles. The highest BCUT2D eigenvalue weighted by Crippen LogP contribution is 2.41. The Hall–Kier alpha value is -0.200. The molecule has 5 fully saturated rings. The van der Waals surface area contributed by atoms with Gasteiger partial charge in [-0.15, -0.1) is 0 Å². The molecule has 5 aliphatic rings. The van der Waals surface area contributed by atoms with Crippen LogP contribution in [0.4, 0.5) is 0 Å². The van der Waals surface area contributed by atoms with Crippen molar-refractivity contribution in [3.05, 3.63) is 0 Å². The second kappa shape index (κ2) is 13.0. The zero-order chi connectivity index (χ0) is 24.0. The first kappa shape index (κ1) is 26.4. The third kappa shape index (κ3) is 7.89. The Bertz CT molecular complexity index is 620. The maximum atomic E-state index is 9.99. The predicted octanol–water partition coefficient (Wildman–Crippen LogP) is 6.07. The Morgan fingerprint density at radius 3 is 1.31 bits per heavy atom. The van der Waals surface area contributed by atoms with Crippen LogP contribution in [0.25, 0.3) is 0 Å². The number of ether oxygens (including phenoxy) is 3. The van der Waals surface area contributed by atoms with Crippen molar-refractivity contribution in [1.29, 1.82) is 0 Å². The fourth-order valence-electron chi connectivity index (χ4n) is 8.08. The van der Waals surface area contributed by atoms with E-state index < -0.39 is 0 Å². The van der Waals surface area contributed by atoms with Crippen LogP contribution in [-0.4, -0.2) is 59.0 Å². The molecular formula is C30H52O5. The van der Waals surface area contributed by atoms with Gasteiger partial charge in [0.1, 0.15) is 0 Å². The van der Waals surface area contributed by atoms with Gasteiger partial charge in [0.25, 0.3) is 0 Å². The summed E-state index contributed by atoms with van der Waals surface area (Å²) in [5.41, 5.74) is 0. The highest BCUT2D eigenvalue weighted by Gasteiger charge is 2.35. The molecule has 0 aliphatic heterocycles. The van der Waals surface area contributed by atoms with Crippen LogP contribution in [0, 0.1) is 11.8 Å². The van der Waals surface area contributed by atoms with Gasteiger partial charge in [0.2, 0.25) is 0 Å². The topological polar surface area (TPSA) is 68.2 Å². The molecule has 0 amide bonds. The molecule has 5 heteroatoms. The molecule has 35 heavy (non-hydrogen) atoms. The Kier molecular flexibility index (Phi) is 9.84. The van der Waals surface area contributed by atoms with Gasteiger partial charge in [0.05, 0.1) is 48.8 Å². The van der Waals surface area contributed by atoms with Crippen molar-refractivity contribution in [2.45, 2.75) is 177 Å². The molecule has 5 rings (SSSR count). The molecule has 2 N–H and O–H groups in total. The SMILES string of the molecule is OC1CCCC(OC2CCC(C3CCCC(OC4CCCC(OC5CCCC(O)C5)C4)C3)CC2)C1. The molecule has 8 unspecified atom stereocenters. The second-order valence-electron chi connectivity index (χ2n) is 12.8. The molecule has 0 aromatic carbocycles. The summed E-state index contributed by atoms with van der Waals surface area (Å²) < 4.78 is 19.6. The maximum absolute atomic E-state index is 9.99. The summed E-state index contributed by atoms with van der Waals surface area (Å²) in [6, 6.07) is 0. The van der Waals surface area contributed by atoms with Crippen molar-refractivity contribution < 1.29 is 24.4 Å². The Morgan fingerprint density at radius 1 is 0.343 bits per heavy atom. The lowest BCUT2D eigenvalue weighted by molar-refractivity contribution is -0.117. The summed E-state index contributed by atoms with van der Waals surface area (Å²) in [5.74, 6) is 1.67. The lowest BCUT2D eigenvalue weighted by Gasteiger charge is -2.41. The number of hydrogen-bond acceptors (Lipinski definition) is 5. The fraction of sp³-hybridized carbons (Fsp3) is 1.00. The van der Waals surface area contributed by atoms with Gasteiger partial charge in [0, 0.05) is 0 Å². The third-order valence-electron chi connectivity index (χ3n) is 9.98. The number of rotatable bonds is 7. The summed E-state index contributed by atoms with van der Waals surface area (Å²) in [5, 5.41) is 19.9. The summed E-state index contributed by atoms with van der Waals surface area (Å²) in [4.78, 5) is 0. The second-order valence-corrected chi connectivity index (χ2v) is 12.8. The van der Waals surface area contributed by atoms with Gasteiger partial charge in [-0.1, -0.05) is 6.42 Å². The van der Waals surface area contributed by atoms with Crippen LogP contribution in [0.5, 0.6) is 0 Å². The third-order valence-corrected chi connectivity index (χ3v) is 9.98. The highest BCUT2D eigenvalue weighted by molar-refractivity contribution is 4.86. The average Bonchev–Trinajstić information content (AvgIpc) is 2.85. The minimum atomic E-state index is -0.162. The van der Waals surface area contributed by atoms with Crippen molar-refractivity contribution in [2.24, 2.45) is 11.8 Å². The molecule has 8 atom stereocenters. The van der Waals surface area contributed by atoms with E-state index in [0.29, 0.717) is 30.5 Å². The largest absolute Gasteiger partial charge is 0.393 e. The van der Waals surface area contributed by atoms with Crippen LogP contribution >= 0.6 is 0 Å². The lowest BCUT2D eigenvalue weighted by atomic mass is 9.72. The van der Waals surface area contributed by atoms with Crippen molar-refractivity contribution in [3.8, 4) is 0 Å². The quantitative estimate of drug-likeness (QED) is 0.451. The molecule has 0 radical (unpaired) electrons. The molecule has 0 saturated heterocycles. The molecule has 5 nitrogen and oxygen atoms in total. The fourth-order valence-corrected chi connectivity index (χ4v) is 8.08. The number of aliphatic hydroxyl groups excluding tert-OH is 2. The molecule has 0 bridgehead atoms. The smallest absolute Gasteiger partial charge is 0.0603 e. The van der Waals surface area contributed by atoms with E-state index in [2.05, 4.69) is 0 Å². The highest BCUT2D eigenvalue weighted by atomic mass is 16.5. The first-order valence-electron chi connectivity index (χ1n) is 15.4.